The van der Waals surface area contributed by atoms with Crippen molar-refractivity contribution in [3.05, 3.63) is 0 Å². The first-order valence-corrected chi connectivity index (χ1v) is 9.55. The van der Waals surface area contributed by atoms with Gasteiger partial charge >= 0.3 is 0 Å². The summed E-state index contributed by atoms with van der Waals surface area (Å²) < 4.78 is 0. The van der Waals surface area contributed by atoms with E-state index in [1.807, 2.05) is 0 Å². The third-order valence-corrected chi connectivity index (χ3v) is 5.25. The summed E-state index contributed by atoms with van der Waals surface area (Å²) in [4.78, 5) is 12.3. The van der Waals surface area contributed by atoms with E-state index in [1.54, 1.807) is 0 Å². The number of carbonyl (C=O) groups excluding carboxylic acids is 1. The average Bonchev–Trinajstić information content (AvgIpc) is 2.44. The van der Waals surface area contributed by atoms with Gasteiger partial charge in [-0.1, -0.05) is 56.0 Å². The van der Waals surface area contributed by atoms with E-state index in [4.69, 9.17) is 0 Å². The van der Waals surface area contributed by atoms with Gasteiger partial charge in [0.05, 0.1) is 0 Å². The van der Waals surface area contributed by atoms with Gasteiger partial charge in [-0.3, -0.25) is 4.79 Å². The van der Waals surface area contributed by atoms with Crippen LogP contribution in [0.3, 0.4) is 0 Å². The van der Waals surface area contributed by atoms with Crippen LogP contribution in [0.5, 0.6) is 0 Å². The Balaban J connectivity index is 2.31. The Morgan fingerprint density at radius 2 is 1.90 bits per heavy atom. The summed E-state index contributed by atoms with van der Waals surface area (Å²) in [6.07, 6.45) is 9.76. The van der Waals surface area contributed by atoms with Gasteiger partial charge in [-0.2, -0.15) is 0 Å². The highest BCUT2D eigenvalue weighted by Crippen LogP contribution is 2.32. The van der Waals surface area contributed by atoms with Crippen molar-refractivity contribution >= 4 is 21.8 Å². The fraction of sp³-hybridized carbons (Fsp3) is 0.941. The van der Waals surface area contributed by atoms with E-state index in [0.29, 0.717) is 17.9 Å². The van der Waals surface area contributed by atoms with Crippen LogP contribution in [-0.4, -0.2) is 17.3 Å². The predicted octanol–water partition coefficient (Wildman–Crippen LogP) is 4.91. The van der Waals surface area contributed by atoms with Gasteiger partial charge < -0.3 is 5.32 Å². The van der Waals surface area contributed by atoms with E-state index in [0.717, 1.165) is 30.5 Å². The van der Waals surface area contributed by atoms with Crippen molar-refractivity contribution in [2.75, 3.05) is 5.33 Å². The summed E-state index contributed by atoms with van der Waals surface area (Å²) in [7, 11) is 0. The van der Waals surface area contributed by atoms with Crippen LogP contribution in [0.4, 0.5) is 0 Å². The molecule has 1 amide bonds. The largest absolute Gasteiger partial charge is 0.352 e. The molecule has 1 unspecified atom stereocenters. The van der Waals surface area contributed by atoms with E-state index < -0.39 is 0 Å². The highest BCUT2D eigenvalue weighted by molar-refractivity contribution is 9.09. The summed E-state index contributed by atoms with van der Waals surface area (Å²) in [6.45, 7) is 6.68. The predicted molar refractivity (Wildman–Crippen MR) is 90.2 cm³/mol. The summed E-state index contributed by atoms with van der Waals surface area (Å²) in [5, 5.41) is 4.10. The van der Waals surface area contributed by atoms with Gasteiger partial charge in [0.2, 0.25) is 5.91 Å². The van der Waals surface area contributed by atoms with Gasteiger partial charge in [0.15, 0.2) is 0 Å². The number of halogens is 1. The lowest BCUT2D eigenvalue weighted by Gasteiger charge is -2.29. The molecule has 20 heavy (non-hydrogen) atoms. The molecular formula is C17H32BrNO. The monoisotopic (exact) mass is 345 g/mol. The first kappa shape index (κ1) is 18.0. The molecule has 0 heterocycles. The maximum Gasteiger partial charge on any atom is 0.223 e. The quantitative estimate of drug-likeness (QED) is 0.622. The zero-order valence-corrected chi connectivity index (χ0v) is 15.0. The lowest BCUT2D eigenvalue weighted by Crippen LogP contribution is -2.41. The summed E-state index contributed by atoms with van der Waals surface area (Å²) in [5.41, 5.74) is 0. The van der Waals surface area contributed by atoms with E-state index in [9.17, 15) is 4.79 Å². The first-order chi connectivity index (χ1) is 9.56. The lowest BCUT2D eigenvalue weighted by atomic mass is 9.79. The molecule has 1 N–H and O–H groups in total. The number of amides is 1. The Morgan fingerprint density at radius 3 is 2.40 bits per heavy atom. The number of hydrogen-bond donors (Lipinski definition) is 1. The van der Waals surface area contributed by atoms with Gasteiger partial charge in [0.25, 0.3) is 0 Å². The Kier molecular flexibility index (Phi) is 8.83. The molecule has 2 nitrogen and oxygen atoms in total. The smallest absolute Gasteiger partial charge is 0.223 e. The van der Waals surface area contributed by atoms with Crippen LogP contribution in [-0.2, 0) is 4.79 Å². The third kappa shape index (κ3) is 6.60. The lowest BCUT2D eigenvalue weighted by molar-refractivity contribution is -0.126. The molecule has 1 atom stereocenters. The molecule has 0 aliphatic heterocycles. The minimum Gasteiger partial charge on any atom is -0.352 e. The van der Waals surface area contributed by atoms with Crippen LogP contribution in [0.15, 0.2) is 0 Å². The fourth-order valence-corrected chi connectivity index (χ4v) is 3.68. The number of nitrogens with one attached hydrogen (secondary N) is 1. The molecule has 118 valence electrons. The second kappa shape index (κ2) is 9.81. The summed E-state index contributed by atoms with van der Waals surface area (Å²) >= 11 is 3.52. The van der Waals surface area contributed by atoms with Crippen LogP contribution in [0.2, 0.25) is 0 Å². The third-order valence-electron chi connectivity index (χ3n) is 4.47. The zero-order chi connectivity index (χ0) is 15.0. The molecule has 0 bridgehead atoms. The molecule has 3 heteroatoms. The van der Waals surface area contributed by atoms with Crippen molar-refractivity contribution in [1.29, 1.82) is 0 Å². The first-order valence-electron chi connectivity index (χ1n) is 8.43. The summed E-state index contributed by atoms with van der Waals surface area (Å²) in [5.74, 6) is 2.06. The van der Waals surface area contributed by atoms with Gasteiger partial charge in [-0.15, -0.1) is 0 Å². The van der Waals surface area contributed by atoms with Gasteiger partial charge in [0.1, 0.15) is 0 Å². The molecule has 0 aromatic carbocycles. The SMILES string of the molecule is CCCCC1CCC(C(=O)NC(CBr)CC(C)C)CC1. The molecule has 0 saturated heterocycles. The van der Waals surface area contributed by atoms with Gasteiger partial charge in [0, 0.05) is 17.3 Å². The Bertz CT molecular complexity index is 272. The maximum atomic E-state index is 12.3. The molecule has 1 aliphatic carbocycles. The molecule has 1 rings (SSSR count). The molecule has 1 aliphatic rings. The molecule has 1 fully saturated rings. The average molecular weight is 346 g/mol. The van der Waals surface area contributed by atoms with Gasteiger partial charge in [-0.05, 0) is 43.9 Å². The molecular weight excluding hydrogens is 314 g/mol. The van der Waals surface area contributed by atoms with Crippen LogP contribution in [0.1, 0.15) is 72.1 Å². The van der Waals surface area contributed by atoms with Crippen molar-refractivity contribution in [1.82, 2.24) is 5.32 Å². The van der Waals surface area contributed by atoms with Crippen LogP contribution < -0.4 is 5.32 Å². The highest BCUT2D eigenvalue weighted by atomic mass is 79.9. The molecule has 1 saturated carbocycles. The van der Waals surface area contributed by atoms with E-state index in [-0.39, 0.29) is 5.92 Å². The fourth-order valence-electron chi connectivity index (χ4n) is 3.25. The minimum absolute atomic E-state index is 0.265. The highest BCUT2D eigenvalue weighted by Gasteiger charge is 2.27. The van der Waals surface area contributed by atoms with Crippen LogP contribution in [0.25, 0.3) is 0 Å². The van der Waals surface area contributed by atoms with Gasteiger partial charge in [-0.25, -0.2) is 0 Å². The maximum absolute atomic E-state index is 12.3. The number of unbranched alkanes of at least 4 members (excludes halogenated alkanes) is 1. The van der Waals surface area contributed by atoms with E-state index in [2.05, 4.69) is 42.0 Å². The van der Waals surface area contributed by atoms with Crippen LogP contribution >= 0.6 is 15.9 Å². The number of alkyl halides is 1. The number of carbonyl (C=O) groups is 1. The van der Waals surface area contributed by atoms with Crippen molar-refractivity contribution < 1.29 is 4.79 Å². The second-order valence-electron chi connectivity index (χ2n) is 6.85. The standard InChI is InChI=1S/C17H32BrNO/c1-4-5-6-14-7-9-15(10-8-14)17(20)19-16(12-18)11-13(2)3/h13-16H,4-12H2,1-3H3,(H,19,20). The van der Waals surface area contributed by atoms with E-state index >= 15 is 0 Å². The molecule has 0 spiro atoms. The van der Waals surface area contributed by atoms with Crippen LogP contribution in [0, 0.1) is 17.8 Å². The molecule has 0 radical (unpaired) electrons. The molecule has 0 aromatic heterocycles. The van der Waals surface area contributed by atoms with Crippen molar-refractivity contribution in [3.63, 3.8) is 0 Å². The normalized spacial score (nSPS) is 24.6. The van der Waals surface area contributed by atoms with Crippen molar-refractivity contribution in [2.45, 2.75) is 78.2 Å². The van der Waals surface area contributed by atoms with E-state index in [1.165, 1.54) is 32.1 Å². The Hall–Kier alpha value is -0.0500. The number of hydrogen-bond acceptors (Lipinski definition) is 1. The Labute approximate surface area is 133 Å². The van der Waals surface area contributed by atoms with Crippen molar-refractivity contribution in [3.8, 4) is 0 Å². The number of rotatable bonds is 8. The van der Waals surface area contributed by atoms with Crippen molar-refractivity contribution in [2.24, 2.45) is 17.8 Å². The zero-order valence-electron chi connectivity index (χ0n) is 13.5. The Morgan fingerprint density at radius 1 is 1.25 bits per heavy atom. The minimum atomic E-state index is 0.265. The summed E-state index contributed by atoms with van der Waals surface area (Å²) in [6, 6.07) is 0.292. The molecule has 0 aromatic rings. The second-order valence-corrected chi connectivity index (χ2v) is 7.50. The topological polar surface area (TPSA) is 29.1 Å².